The summed E-state index contributed by atoms with van der Waals surface area (Å²) in [6.45, 7) is 8.26. The first-order chi connectivity index (χ1) is 15.7. The Morgan fingerprint density at radius 1 is 1.03 bits per heavy atom. The van der Waals surface area contributed by atoms with E-state index >= 15 is 0 Å². The van der Waals surface area contributed by atoms with Crippen LogP contribution in [-0.4, -0.2) is 53.8 Å². The van der Waals surface area contributed by atoms with Crippen LogP contribution >= 0.6 is 0 Å². The average molecular weight is 443 g/mol. The number of aliphatic hydroxyl groups excluding tert-OH is 1. The maximum absolute atomic E-state index is 10.9. The Morgan fingerprint density at radius 2 is 1.88 bits per heavy atom. The number of aliphatic hydroxyl groups is 1. The van der Waals surface area contributed by atoms with Gasteiger partial charge in [-0.3, -0.25) is 5.32 Å². The lowest BCUT2D eigenvalue weighted by Gasteiger charge is -2.40. The number of hydrogen-bond donors (Lipinski definition) is 2. The summed E-state index contributed by atoms with van der Waals surface area (Å²) in [5, 5.41) is 14.5. The van der Waals surface area contributed by atoms with E-state index in [2.05, 4.69) is 39.2 Å². The van der Waals surface area contributed by atoms with Crippen molar-refractivity contribution in [3.05, 3.63) is 23.9 Å². The van der Waals surface area contributed by atoms with Crippen LogP contribution in [0.15, 0.2) is 18.3 Å². The Labute approximate surface area is 196 Å². The molecule has 0 radical (unpaired) electrons. The van der Waals surface area contributed by atoms with Crippen molar-refractivity contribution in [1.29, 1.82) is 0 Å². The lowest BCUT2D eigenvalue weighted by molar-refractivity contribution is 0.0721. The van der Waals surface area contributed by atoms with Crippen molar-refractivity contribution in [3.8, 4) is 0 Å². The highest BCUT2D eigenvalue weighted by Gasteiger charge is 2.30. The van der Waals surface area contributed by atoms with E-state index in [1.54, 1.807) is 0 Å². The van der Waals surface area contributed by atoms with Gasteiger partial charge in [-0.1, -0.05) is 39.0 Å². The SMILES string of the molecule is CCCCCC1CCCN(C[C@@H]2CCCCC2NC(O)c2ccc(N3CCCC3)nc2)C1. The topological polar surface area (TPSA) is 51.6 Å². The van der Waals surface area contributed by atoms with Gasteiger partial charge in [-0.05, 0) is 75.5 Å². The summed E-state index contributed by atoms with van der Waals surface area (Å²) in [5.74, 6) is 2.59. The lowest BCUT2D eigenvalue weighted by atomic mass is 9.83. The van der Waals surface area contributed by atoms with E-state index in [0.29, 0.717) is 12.0 Å². The Balaban J connectivity index is 1.29. The number of anilines is 1. The van der Waals surface area contributed by atoms with Gasteiger partial charge in [0.15, 0.2) is 0 Å². The second kappa shape index (κ2) is 12.3. The van der Waals surface area contributed by atoms with E-state index in [-0.39, 0.29) is 0 Å². The molecule has 2 aliphatic heterocycles. The van der Waals surface area contributed by atoms with Crippen LogP contribution in [0.3, 0.4) is 0 Å². The first kappa shape index (κ1) is 24.0. The van der Waals surface area contributed by atoms with E-state index in [9.17, 15) is 5.11 Å². The predicted octanol–water partition coefficient (Wildman–Crippen LogP) is 5.11. The maximum Gasteiger partial charge on any atom is 0.132 e. The molecule has 4 atom stereocenters. The van der Waals surface area contributed by atoms with Crippen LogP contribution in [-0.2, 0) is 0 Å². The monoisotopic (exact) mass is 442 g/mol. The van der Waals surface area contributed by atoms with Crippen molar-refractivity contribution in [1.82, 2.24) is 15.2 Å². The van der Waals surface area contributed by atoms with Crippen LogP contribution in [0.5, 0.6) is 0 Å². The minimum absolute atomic E-state index is 0.400. The summed E-state index contributed by atoms with van der Waals surface area (Å²) in [7, 11) is 0. The number of rotatable bonds is 10. The van der Waals surface area contributed by atoms with Crippen molar-refractivity contribution in [2.24, 2.45) is 11.8 Å². The number of pyridine rings is 1. The summed E-state index contributed by atoms with van der Waals surface area (Å²) in [5.41, 5.74) is 0.895. The van der Waals surface area contributed by atoms with Crippen LogP contribution in [0, 0.1) is 11.8 Å². The van der Waals surface area contributed by atoms with Gasteiger partial charge in [0.1, 0.15) is 12.0 Å². The number of unbranched alkanes of at least 4 members (excludes halogenated alkanes) is 2. The van der Waals surface area contributed by atoms with E-state index in [0.717, 1.165) is 30.4 Å². The van der Waals surface area contributed by atoms with Gasteiger partial charge < -0.3 is 14.9 Å². The normalized spacial score (nSPS) is 28.2. The minimum Gasteiger partial charge on any atom is -0.374 e. The minimum atomic E-state index is -0.621. The molecule has 0 aromatic carbocycles. The summed E-state index contributed by atoms with van der Waals surface area (Å²) in [4.78, 5) is 9.73. The molecule has 1 aromatic rings. The zero-order valence-corrected chi connectivity index (χ0v) is 20.4. The molecule has 2 saturated heterocycles. The fraction of sp³-hybridized carbons (Fsp3) is 0.815. The Bertz CT molecular complexity index is 660. The van der Waals surface area contributed by atoms with E-state index in [1.807, 2.05) is 6.20 Å². The van der Waals surface area contributed by atoms with Crippen LogP contribution in [0.4, 0.5) is 5.82 Å². The number of hydrogen-bond acceptors (Lipinski definition) is 5. The largest absolute Gasteiger partial charge is 0.374 e. The molecule has 5 nitrogen and oxygen atoms in total. The number of nitrogens with one attached hydrogen (secondary N) is 1. The fourth-order valence-corrected chi connectivity index (χ4v) is 6.20. The summed E-state index contributed by atoms with van der Waals surface area (Å²) in [6.07, 6.45) is 17.1. The third kappa shape index (κ3) is 6.68. The van der Waals surface area contributed by atoms with Gasteiger partial charge in [0.25, 0.3) is 0 Å². The van der Waals surface area contributed by atoms with Gasteiger partial charge in [-0.25, -0.2) is 4.98 Å². The molecule has 180 valence electrons. The van der Waals surface area contributed by atoms with Crippen LogP contribution in [0.25, 0.3) is 0 Å². The summed E-state index contributed by atoms with van der Waals surface area (Å²) < 4.78 is 0. The Kier molecular flexibility index (Phi) is 9.24. The van der Waals surface area contributed by atoms with Crippen LogP contribution < -0.4 is 10.2 Å². The molecule has 3 aliphatic rings. The van der Waals surface area contributed by atoms with Crippen LogP contribution in [0.1, 0.15) is 95.8 Å². The molecule has 32 heavy (non-hydrogen) atoms. The molecule has 3 unspecified atom stereocenters. The standard InChI is InChI=1S/C27H46N4O/c1-2-3-4-10-22-11-9-16-30(20-22)21-24-12-5-6-13-25(24)29-27(32)23-14-15-26(28-19-23)31-17-7-8-18-31/h14-15,19,22,24-25,27,29,32H,2-13,16-18,20-21H2,1H3/t22?,24-,25?,27?/m0/s1. The highest BCUT2D eigenvalue weighted by atomic mass is 16.3. The van der Waals surface area contributed by atoms with E-state index < -0.39 is 6.23 Å². The lowest BCUT2D eigenvalue weighted by Crippen LogP contribution is -2.47. The zero-order chi connectivity index (χ0) is 22.2. The first-order valence-electron chi connectivity index (χ1n) is 13.6. The van der Waals surface area contributed by atoms with Gasteiger partial charge in [0, 0.05) is 44.0 Å². The van der Waals surface area contributed by atoms with Gasteiger partial charge >= 0.3 is 0 Å². The number of piperidine rings is 1. The van der Waals surface area contributed by atoms with Gasteiger partial charge in [-0.2, -0.15) is 0 Å². The zero-order valence-electron chi connectivity index (χ0n) is 20.4. The molecule has 0 spiro atoms. The number of aromatic nitrogens is 1. The maximum atomic E-state index is 10.9. The van der Waals surface area contributed by atoms with E-state index in [4.69, 9.17) is 0 Å². The molecule has 4 rings (SSSR count). The fourth-order valence-electron chi connectivity index (χ4n) is 6.20. The van der Waals surface area contributed by atoms with Crippen molar-refractivity contribution in [2.75, 3.05) is 37.6 Å². The molecule has 5 heteroatoms. The van der Waals surface area contributed by atoms with Gasteiger partial charge in [0.05, 0.1) is 0 Å². The van der Waals surface area contributed by atoms with Crippen molar-refractivity contribution in [3.63, 3.8) is 0 Å². The number of nitrogens with zero attached hydrogens (tertiary/aromatic N) is 3. The summed E-state index contributed by atoms with van der Waals surface area (Å²) >= 11 is 0. The van der Waals surface area contributed by atoms with Crippen molar-refractivity contribution < 1.29 is 5.11 Å². The highest BCUT2D eigenvalue weighted by molar-refractivity contribution is 5.40. The first-order valence-corrected chi connectivity index (χ1v) is 13.6. The van der Waals surface area contributed by atoms with Crippen LogP contribution in [0.2, 0.25) is 0 Å². The molecule has 0 amide bonds. The molecule has 3 fully saturated rings. The quantitative estimate of drug-likeness (QED) is 0.389. The van der Waals surface area contributed by atoms with Crippen molar-refractivity contribution >= 4 is 5.82 Å². The van der Waals surface area contributed by atoms with Crippen molar-refractivity contribution in [2.45, 2.75) is 96.2 Å². The molecular weight excluding hydrogens is 396 g/mol. The van der Waals surface area contributed by atoms with Gasteiger partial charge in [-0.15, -0.1) is 0 Å². The predicted molar refractivity (Wildman–Crippen MR) is 133 cm³/mol. The highest BCUT2D eigenvalue weighted by Crippen LogP contribution is 2.30. The Hall–Kier alpha value is -1.17. The van der Waals surface area contributed by atoms with E-state index in [1.165, 1.54) is 96.7 Å². The molecule has 3 heterocycles. The summed E-state index contributed by atoms with van der Waals surface area (Å²) in [6, 6.07) is 4.54. The molecule has 0 bridgehead atoms. The molecule has 1 aromatic heterocycles. The molecule has 1 aliphatic carbocycles. The smallest absolute Gasteiger partial charge is 0.132 e. The Morgan fingerprint density at radius 3 is 2.66 bits per heavy atom. The third-order valence-electron chi connectivity index (χ3n) is 8.11. The second-order valence-electron chi connectivity index (χ2n) is 10.6. The number of likely N-dealkylation sites (tertiary alicyclic amines) is 1. The molecular formula is C27H46N4O. The average Bonchev–Trinajstić information content (AvgIpc) is 3.36. The molecule has 2 N–H and O–H groups in total. The second-order valence-corrected chi connectivity index (χ2v) is 10.6. The van der Waals surface area contributed by atoms with Gasteiger partial charge in [0.2, 0.25) is 0 Å². The molecule has 1 saturated carbocycles. The third-order valence-corrected chi connectivity index (χ3v) is 8.11.